The molecule has 1 saturated heterocycles. The lowest BCUT2D eigenvalue weighted by Gasteiger charge is -2.04. The molecule has 1 amide bonds. The second-order valence-corrected chi connectivity index (χ2v) is 7.30. The second-order valence-electron chi connectivity index (χ2n) is 6.27. The molecule has 1 N–H and O–H groups in total. The molecular weight excluding hydrogens is 377 g/mol. The number of hydrogen-bond acceptors (Lipinski definition) is 5. The van der Waals surface area contributed by atoms with E-state index in [1.807, 2.05) is 32.0 Å². The number of amidine groups is 1. The van der Waals surface area contributed by atoms with E-state index in [9.17, 15) is 9.18 Å². The van der Waals surface area contributed by atoms with Crippen LogP contribution in [0.25, 0.3) is 11.8 Å². The summed E-state index contributed by atoms with van der Waals surface area (Å²) < 4.78 is 15.7. The Morgan fingerprint density at radius 3 is 2.68 bits per heavy atom. The molecule has 0 saturated carbocycles. The summed E-state index contributed by atoms with van der Waals surface area (Å²) in [6, 6.07) is 10.6. The number of aromatic nitrogens is 3. The van der Waals surface area contributed by atoms with Crippen molar-refractivity contribution in [3.05, 3.63) is 76.5 Å². The monoisotopic (exact) mass is 393 g/mol. The summed E-state index contributed by atoms with van der Waals surface area (Å²) in [5.41, 5.74) is 3.78. The number of amides is 1. The normalized spacial score (nSPS) is 16.8. The van der Waals surface area contributed by atoms with Crippen LogP contribution >= 0.6 is 11.8 Å². The molecule has 2 aromatic carbocycles. The number of benzene rings is 2. The molecule has 0 bridgehead atoms. The number of carbonyl (C=O) groups excluding carboxylic acids is 1. The summed E-state index contributed by atoms with van der Waals surface area (Å²) >= 11 is 1.23. The van der Waals surface area contributed by atoms with Crippen molar-refractivity contribution in [3.8, 4) is 5.69 Å². The van der Waals surface area contributed by atoms with Gasteiger partial charge < -0.3 is 5.32 Å². The van der Waals surface area contributed by atoms with Crippen LogP contribution < -0.4 is 5.32 Å². The summed E-state index contributed by atoms with van der Waals surface area (Å²) in [7, 11) is 0. The Hall–Kier alpha value is -3.26. The van der Waals surface area contributed by atoms with E-state index < -0.39 is 5.82 Å². The van der Waals surface area contributed by atoms with Gasteiger partial charge >= 0.3 is 0 Å². The topological polar surface area (TPSA) is 72.2 Å². The highest BCUT2D eigenvalue weighted by molar-refractivity contribution is 8.18. The highest BCUT2D eigenvalue weighted by Crippen LogP contribution is 2.31. The predicted molar refractivity (Wildman–Crippen MR) is 108 cm³/mol. The largest absolute Gasteiger partial charge is 0.300 e. The van der Waals surface area contributed by atoms with Gasteiger partial charge in [-0.1, -0.05) is 24.3 Å². The van der Waals surface area contributed by atoms with Crippen LogP contribution in [0, 0.1) is 19.7 Å². The van der Waals surface area contributed by atoms with E-state index in [-0.39, 0.29) is 5.91 Å². The molecule has 0 unspecified atom stereocenters. The summed E-state index contributed by atoms with van der Waals surface area (Å²) in [4.78, 5) is 21.1. The van der Waals surface area contributed by atoms with Crippen molar-refractivity contribution in [2.75, 3.05) is 0 Å². The van der Waals surface area contributed by atoms with E-state index >= 15 is 0 Å². The van der Waals surface area contributed by atoms with Crippen molar-refractivity contribution >= 4 is 34.6 Å². The average Bonchev–Trinajstić information content (AvgIpc) is 3.29. The number of nitrogens with zero attached hydrogens (tertiary/aromatic N) is 4. The molecule has 4 rings (SSSR count). The smallest absolute Gasteiger partial charge is 0.264 e. The molecule has 140 valence electrons. The van der Waals surface area contributed by atoms with E-state index in [1.165, 1.54) is 35.2 Å². The lowest BCUT2D eigenvalue weighted by atomic mass is 10.1. The van der Waals surface area contributed by atoms with E-state index in [0.717, 1.165) is 16.8 Å². The average molecular weight is 393 g/mol. The molecule has 0 aliphatic carbocycles. The Balaban J connectivity index is 1.60. The Bertz CT molecular complexity index is 1100. The van der Waals surface area contributed by atoms with Gasteiger partial charge in [-0.25, -0.2) is 19.0 Å². The molecule has 28 heavy (non-hydrogen) atoms. The van der Waals surface area contributed by atoms with Crippen molar-refractivity contribution in [1.29, 1.82) is 0 Å². The molecule has 6 nitrogen and oxygen atoms in total. The summed E-state index contributed by atoms with van der Waals surface area (Å²) in [5.74, 6) is -0.705. The van der Waals surface area contributed by atoms with Gasteiger partial charge in [-0.2, -0.15) is 5.10 Å². The minimum absolute atomic E-state index is 0.254. The molecule has 3 aromatic rings. The third kappa shape index (κ3) is 3.59. The Labute approximate surface area is 165 Å². The number of thioether (sulfide) groups is 1. The fraction of sp³-hybridized carbons (Fsp3) is 0.100. The van der Waals surface area contributed by atoms with E-state index in [2.05, 4.69) is 20.4 Å². The molecular formula is C20H16FN5OS. The van der Waals surface area contributed by atoms with Crippen molar-refractivity contribution in [3.63, 3.8) is 0 Å². The van der Waals surface area contributed by atoms with Crippen molar-refractivity contribution < 1.29 is 9.18 Å². The second kappa shape index (κ2) is 7.40. The number of aliphatic imine (C=N–C) groups is 1. The van der Waals surface area contributed by atoms with Crippen LogP contribution in [0.4, 0.5) is 10.1 Å². The number of nitrogens with one attached hydrogen (secondary N) is 1. The van der Waals surface area contributed by atoms with Crippen LogP contribution in [-0.4, -0.2) is 25.8 Å². The Morgan fingerprint density at radius 1 is 1.21 bits per heavy atom. The lowest BCUT2D eigenvalue weighted by Crippen LogP contribution is -2.19. The Morgan fingerprint density at radius 2 is 2.00 bits per heavy atom. The first-order valence-electron chi connectivity index (χ1n) is 8.51. The van der Waals surface area contributed by atoms with Crippen LogP contribution in [-0.2, 0) is 4.79 Å². The third-order valence-electron chi connectivity index (χ3n) is 4.24. The maximum Gasteiger partial charge on any atom is 0.264 e. The predicted octanol–water partition coefficient (Wildman–Crippen LogP) is 3.91. The lowest BCUT2D eigenvalue weighted by molar-refractivity contribution is -0.115. The van der Waals surface area contributed by atoms with Crippen molar-refractivity contribution in [1.82, 2.24) is 20.1 Å². The molecule has 1 aliphatic rings. The zero-order chi connectivity index (χ0) is 19.7. The molecule has 1 aromatic heterocycles. The van der Waals surface area contributed by atoms with Crippen LogP contribution in [0.1, 0.15) is 16.7 Å². The van der Waals surface area contributed by atoms with Crippen LogP contribution in [0.2, 0.25) is 0 Å². The fourth-order valence-electron chi connectivity index (χ4n) is 2.85. The SMILES string of the molecule is Cc1cccc(C)c1N=C1NC(=O)C(=Cc2ccc(-n3cncn3)c(F)c2)S1. The van der Waals surface area contributed by atoms with Crippen LogP contribution in [0.5, 0.6) is 0 Å². The van der Waals surface area contributed by atoms with E-state index in [1.54, 1.807) is 18.2 Å². The van der Waals surface area contributed by atoms with Gasteiger partial charge in [0.15, 0.2) is 5.17 Å². The molecule has 1 aliphatic heterocycles. The number of aryl methyl sites for hydroxylation is 2. The first-order valence-corrected chi connectivity index (χ1v) is 9.33. The molecule has 1 fully saturated rings. The van der Waals surface area contributed by atoms with E-state index in [0.29, 0.717) is 21.3 Å². The molecule has 0 spiro atoms. The number of hydrogen-bond donors (Lipinski definition) is 1. The maximum atomic E-state index is 14.4. The first-order chi connectivity index (χ1) is 13.5. The van der Waals surface area contributed by atoms with Gasteiger partial charge in [-0.05, 0) is 60.5 Å². The number of rotatable bonds is 3. The minimum Gasteiger partial charge on any atom is -0.300 e. The van der Waals surface area contributed by atoms with Gasteiger partial charge in [0.1, 0.15) is 24.2 Å². The summed E-state index contributed by atoms with van der Waals surface area (Å²) in [6.45, 7) is 3.95. The maximum absolute atomic E-state index is 14.4. The van der Waals surface area contributed by atoms with Gasteiger partial charge in [0.05, 0.1) is 10.6 Å². The number of carbonyl (C=O) groups is 1. The quantitative estimate of drug-likeness (QED) is 0.685. The van der Waals surface area contributed by atoms with Gasteiger partial charge in [0, 0.05) is 0 Å². The standard InChI is InChI=1S/C20H16FN5OS/c1-12-4-3-5-13(2)18(12)24-20-25-19(27)17(28-20)9-14-6-7-16(15(21)8-14)26-11-22-10-23-26/h3-11H,1-2H3,(H,24,25,27). The van der Waals surface area contributed by atoms with Crippen molar-refractivity contribution in [2.45, 2.75) is 13.8 Å². The van der Waals surface area contributed by atoms with Crippen LogP contribution in [0.3, 0.4) is 0 Å². The van der Waals surface area contributed by atoms with Gasteiger partial charge in [0.2, 0.25) is 0 Å². The third-order valence-corrected chi connectivity index (χ3v) is 5.15. The summed E-state index contributed by atoms with van der Waals surface area (Å²) in [5, 5.41) is 7.20. The fourth-order valence-corrected chi connectivity index (χ4v) is 3.67. The first kappa shape index (κ1) is 18.1. The molecule has 2 heterocycles. The molecule has 8 heteroatoms. The van der Waals surface area contributed by atoms with Gasteiger partial charge in [-0.3, -0.25) is 4.79 Å². The highest BCUT2D eigenvalue weighted by atomic mass is 32.2. The zero-order valence-corrected chi connectivity index (χ0v) is 16.0. The van der Waals surface area contributed by atoms with Gasteiger partial charge in [0.25, 0.3) is 5.91 Å². The zero-order valence-electron chi connectivity index (χ0n) is 15.2. The van der Waals surface area contributed by atoms with Crippen LogP contribution in [0.15, 0.2) is 59.0 Å². The summed E-state index contributed by atoms with van der Waals surface area (Å²) in [6.07, 6.45) is 4.40. The Kier molecular flexibility index (Phi) is 4.79. The minimum atomic E-state index is -0.451. The van der Waals surface area contributed by atoms with Crippen molar-refractivity contribution in [2.24, 2.45) is 4.99 Å². The molecule has 0 atom stereocenters. The van der Waals surface area contributed by atoms with E-state index in [4.69, 9.17) is 0 Å². The molecule has 0 radical (unpaired) electrons. The number of halogens is 1. The highest BCUT2D eigenvalue weighted by Gasteiger charge is 2.24. The van der Waals surface area contributed by atoms with Gasteiger partial charge in [-0.15, -0.1) is 0 Å². The number of para-hydroxylation sites is 1.